The van der Waals surface area contributed by atoms with Gasteiger partial charge in [0.2, 0.25) is 0 Å². The second kappa shape index (κ2) is 5.85. The van der Waals surface area contributed by atoms with E-state index in [0.29, 0.717) is 24.6 Å². The number of rotatable bonds is 4. The van der Waals surface area contributed by atoms with E-state index in [9.17, 15) is 17.6 Å². The molecule has 2 N–H and O–H groups in total. The zero-order valence-electron chi connectivity index (χ0n) is 11.4. The molecule has 0 bridgehead atoms. The summed E-state index contributed by atoms with van der Waals surface area (Å²) in [7, 11) is 0. The molecule has 1 heterocycles. The molecule has 0 aliphatic carbocycles. The number of halogens is 4. The third-order valence-corrected chi connectivity index (χ3v) is 3.22. The molecule has 0 saturated heterocycles. The lowest BCUT2D eigenvalue weighted by Crippen LogP contribution is -2.22. The molecule has 3 nitrogen and oxygen atoms in total. The van der Waals surface area contributed by atoms with Crippen molar-refractivity contribution < 1.29 is 17.6 Å². The molecule has 21 heavy (non-hydrogen) atoms. The molecule has 2 aromatic rings. The number of hydrogen-bond acceptors (Lipinski definition) is 2. The highest BCUT2D eigenvalue weighted by molar-refractivity contribution is 5.42. The third kappa shape index (κ3) is 3.41. The summed E-state index contributed by atoms with van der Waals surface area (Å²) in [5, 5.41) is 3.62. The van der Waals surface area contributed by atoms with Crippen LogP contribution in [0, 0.1) is 5.82 Å². The van der Waals surface area contributed by atoms with Gasteiger partial charge in [-0.3, -0.25) is 0 Å². The van der Waals surface area contributed by atoms with Gasteiger partial charge in [-0.2, -0.15) is 18.3 Å². The monoisotopic (exact) mass is 301 g/mol. The Bertz CT molecular complexity index is 619. The average molecular weight is 301 g/mol. The van der Waals surface area contributed by atoms with Gasteiger partial charge in [0.05, 0.1) is 11.8 Å². The minimum absolute atomic E-state index is 0.0110. The van der Waals surface area contributed by atoms with E-state index in [1.165, 1.54) is 12.1 Å². The molecule has 0 saturated carbocycles. The molecule has 0 amide bonds. The standard InChI is InChI=1S/C14H15F4N3/c1-2-11(19)6-9-4-3-5-12(15)13(9)21-8-10(7-20-21)14(16,17)18/h3-5,7-8,11H,2,6,19H2,1H3. The van der Waals surface area contributed by atoms with Gasteiger partial charge in [-0.05, 0) is 24.5 Å². The van der Waals surface area contributed by atoms with E-state index in [2.05, 4.69) is 5.10 Å². The molecule has 2 rings (SSSR count). The van der Waals surface area contributed by atoms with Gasteiger partial charge in [0.15, 0.2) is 0 Å². The normalized spacial score (nSPS) is 13.4. The summed E-state index contributed by atoms with van der Waals surface area (Å²) >= 11 is 0. The number of para-hydroxylation sites is 1. The van der Waals surface area contributed by atoms with E-state index in [1.54, 1.807) is 6.07 Å². The molecule has 0 radical (unpaired) electrons. The van der Waals surface area contributed by atoms with E-state index < -0.39 is 17.6 Å². The molecule has 0 fully saturated rings. The zero-order chi connectivity index (χ0) is 15.6. The highest BCUT2D eigenvalue weighted by Gasteiger charge is 2.32. The van der Waals surface area contributed by atoms with Crippen LogP contribution in [0.2, 0.25) is 0 Å². The fraction of sp³-hybridized carbons (Fsp3) is 0.357. The van der Waals surface area contributed by atoms with Crippen LogP contribution < -0.4 is 5.73 Å². The van der Waals surface area contributed by atoms with Gasteiger partial charge in [-0.15, -0.1) is 0 Å². The molecule has 0 aliphatic rings. The number of hydrogen-bond donors (Lipinski definition) is 1. The number of benzene rings is 1. The smallest absolute Gasteiger partial charge is 0.327 e. The largest absolute Gasteiger partial charge is 0.419 e. The first-order chi connectivity index (χ1) is 9.82. The first-order valence-electron chi connectivity index (χ1n) is 6.48. The van der Waals surface area contributed by atoms with Crippen LogP contribution in [0.4, 0.5) is 17.6 Å². The van der Waals surface area contributed by atoms with E-state index in [-0.39, 0.29) is 11.7 Å². The summed E-state index contributed by atoms with van der Waals surface area (Å²) in [6, 6.07) is 4.14. The Morgan fingerprint density at radius 1 is 1.33 bits per heavy atom. The first-order valence-corrected chi connectivity index (χ1v) is 6.48. The topological polar surface area (TPSA) is 43.8 Å². The molecule has 114 valence electrons. The summed E-state index contributed by atoms with van der Waals surface area (Å²) in [5.41, 5.74) is 5.46. The quantitative estimate of drug-likeness (QED) is 0.881. The van der Waals surface area contributed by atoms with Crippen LogP contribution >= 0.6 is 0 Å². The lowest BCUT2D eigenvalue weighted by Gasteiger charge is -2.14. The molecule has 7 heteroatoms. The van der Waals surface area contributed by atoms with Crippen LogP contribution in [0.3, 0.4) is 0 Å². The van der Waals surface area contributed by atoms with Crippen molar-refractivity contribution in [1.82, 2.24) is 9.78 Å². The van der Waals surface area contributed by atoms with Crippen molar-refractivity contribution in [3.8, 4) is 5.69 Å². The predicted molar refractivity (Wildman–Crippen MR) is 70.5 cm³/mol. The Hall–Kier alpha value is -1.89. The maximum Gasteiger partial charge on any atom is 0.419 e. The van der Waals surface area contributed by atoms with Crippen molar-refractivity contribution in [2.24, 2.45) is 5.73 Å². The maximum absolute atomic E-state index is 14.0. The van der Waals surface area contributed by atoms with Crippen molar-refractivity contribution in [3.05, 3.63) is 47.5 Å². The van der Waals surface area contributed by atoms with Crippen molar-refractivity contribution in [2.75, 3.05) is 0 Å². The van der Waals surface area contributed by atoms with E-state index >= 15 is 0 Å². The van der Waals surface area contributed by atoms with E-state index in [4.69, 9.17) is 5.73 Å². The number of aromatic nitrogens is 2. The van der Waals surface area contributed by atoms with Gasteiger partial charge in [0, 0.05) is 12.2 Å². The molecule has 1 aromatic carbocycles. The summed E-state index contributed by atoms with van der Waals surface area (Å²) in [4.78, 5) is 0. The molecule has 1 aromatic heterocycles. The summed E-state index contributed by atoms with van der Waals surface area (Å²) in [6.45, 7) is 1.89. The zero-order valence-corrected chi connectivity index (χ0v) is 11.4. The average Bonchev–Trinajstić information content (AvgIpc) is 2.88. The molecule has 0 spiro atoms. The second-order valence-corrected chi connectivity index (χ2v) is 4.79. The Labute approximate surface area is 119 Å². The van der Waals surface area contributed by atoms with Gasteiger partial charge in [-0.25, -0.2) is 9.07 Å². The van der Waals surface area contributed by atoms with Crippen LogP contribution in [0.15, 0.2) is 30.6 Å². The Morgan fingerprint density at radius 2 is 2.05 bits per heavy atom. The highest BCUT2D eigenvalue weighted by Crippen LogP contribution is 2.30. The molecule has 1 unspecified atom stereocenters. The second-order valence-electron chi connectivity index (χ2n) is 4.79. The van der Waals surface area contributed by atoms with Gasteiger partial charge in [0.1, 0.15) is 11.5 Å². The minimum Gasteiger partial charge on any atom is -0.327 e. The molecule has 1 atom stereocenters. The highest BCUT2D eigenvalue weighted by atomic mass is 19.4. The van der Waals surface area contributed by atoms with Crippen molar-refractivity contribution in [2.45, 2.75) is 32.0 Å². The number of alkyl halides is 3. The third-order valence-electron chi connectivity index (χ3n) is 3.22. The fourth-order valence-electron chi connectivity index (χ4n) is 2.00. The van der Waals surface area contributed by atoms with Gasteiger partial charge in [-0.1, -0.05) is 19.1 Å². The fourth-order valence-corrected chi connectivity index (χ4v) is 2.00. The lowest BCUT2D eigenvalue weighted by atomic mass is 10.0. The summed E-state index contributed by atoms with van der Waals surface area (Å²) in [5.74, 6) is -0.632. The Kier molecular flexibility index (Phi) is 4.32. The molecule has 0 aliphatic heterocycles. The van der Waals surface area contributed by atoms with Gasteiger partial charge < -0.3 is 5.73 Å². The van der Waals surface area contributed by atoms with Crippen LogP contribution in [0.25, 0.3) is 5.69 Å². The maximum atomic E-state index is 14.0. The lowest BCUT2D eigenvalue weighted by molar-refractivity contribution is -0.137. The minimum atomic E-state index is -4.51. The SMILES string of the molecule is CCC(N)Cc1cccc(F)c1-n1cc(C(F)(F)F)cn1. The predicted octanol–water partition coefficient (Wildman–Crippen LogP) is 3.31. The van der Waals surface area contributed by atoms with Crippen LogP contribution in [-0.4, -0.2) is 15.8 Å². The van der Waals surface area contributed by atoms with Crippen LogP contribution in [-0.2, 0) is 12.6 Å². The van der Waals surface area contributed by atoms with Crippen molar-refractivity contribution >= 4 is 0 Å². The van der Waals surface area contributed by atoms with Crippen molar-refractivity contribution in [3.63, 3.8) is 0 Å². The number of nitrogens with two attached hydrogens (primary N) is 1. The Morgan fingerprint density at radius 3 is 2.62 bits per heavy atom. The number of nitrogens with zero attached hydrogens (tertiary/aromatic N) is 2. The van der Waals surface area contributed by atoms with Crippen LogP contribution in [0.1, 0.15) is 24.5 Å². The van der Waals surface area contributed by atoms with Gasteiger partial charge in [0.25, 0.3) is 0 Å². The Balaban J connectivity index is 2.45. The molecular formula is C14H15F4N3. The summed E-state index contributed by atoms with van der Waals surface area (Å²) in [6.07, 6.45) is -2.01. The van der Waals surface area contributed by atoms with Crippen molar-refractivity contribution in [1.29, 1.82) is 0 Å². The molecular weight excluding hydrogens is 286 g/mol. The van der Waals surface area contributed by atoms with E-state index in [1.807, 2.05) is 6.92 Å². The summed E-state index contributed by atoms with van der Waals surface area (Å²) < 4.78 is 52.8. The first kappa shape index (κ1) is 15.5. The van der Waals surface area contributed by atoms with Crippen LogP contribution in [0.5, 0.6) is 0 Å². The van der Waals surface area contributed by atoms with E-state index in [0.717, 1.165) is 10.9 Å². The van der Waals surface area contributed by atoms with Gasteiger partial charge >= 0.3 is 6.18 Å².